The van der Waals surface area contributed by atoms with Crippen LogP contribution in [0.15, 0.2) is 41.6 Å². The highest BCUT2D eigenvalue weighted by molar-refractivity contribution is 6.42. The van der Waals surface area contributed by atoms with E-state index in [0.29, 0.717) is 59.7 Å². The highest BCUT2D eigenvalue weighted by Crippen LogP contribution is 2.29. The molecule has 0 bridgehead atoms. The van der Waals surface area contributed by atoms with Crippen LogP contribution in [0.4, 0.5) is 20.6 Å². The van der Waals surface area contributed by atoms with Gasteiger partial charge >= 0.3 is 6.09 Å². The lowest BCUT2D eigenvalue weighted by atomic mass is 10.0. The standard InChI is InChI=1S/C26H26Cl2FN5O5/c1-15(35)30-13-18-14-34(26(37)38-18)17-3-5-23(21(29)11-17)32-6-8-33(9-7-32)25(36)24-12-22(31-39-24)16-2-4-19(27)20(28)10-16/h2-5,10-11,18,24H,6-9,12-14H2,1H3,(H,30,35)/t18-,24?/m0/s1. The summed E-state index contributed by atoms with van der Waals surface area (Å²) in [6, 6.07) is 9.71. The van der Waals surface area contributed by atoms with Gasteiger partial charge in [-0.25, -0.2) is 9.18 Å². The Kier molecular flexibility index (Phi) is 7.81. The monoisotopic (exact) mass is 577 g/mol. The first-order valence-corrected chi connectivity index (χ1v) is 13.2. The Morgan fingerprint density at radius 2 is 1.87 bits per heavy atom. The van der Waals surface area contributed by atoms with Gasteiger partial charge in [-0.3, -0.25) is 14.5 Å². The van der Waals surface area contributed by atoms with E-state index in [1.807, 2.05) is 4.90 Å². The average Bonchev–Trinajstić information content (AvgIpc) is 3.56. The molecule has 206 valence electrons. The SMILES string of the molecule is CC(=O)NC[C@H]1CN(c2ccc(N3CCN(C(=O)C4CC(c5ccc(Cl)c(Cl)c5)=NO4)CC3)c(F)c2)C(=O)O1. The molecule has 0 aliphatic carbocycles. The molecule has 0 radical (unpaired) electrons. The zero-order valence-electron chi connectivity index (χ0n) is 21.0. The second-order valence-corrected chi connectivity index (χ2v) is 10.3. The predicted octanol–water partition coefficient (Wildman–Crippen LogP) is 3.44. The van der Waals surface area contributed by atoms with E-state index in [0.717, 1.165) is 5.56 Å². The summed E-state index contributed by atoms with van der Waals surface area (Å²) in [6.45, 7) is 3.43. The van der Waals surface area contributed by atoms with Gasteiger partial charge in [-0.1, -0.05) is 34.4 Å². The van der Waals surface area contributed by atoms with Gasteiger partial charge < -0.3 is 24.7 Å². The molecule has 2 aromatic rings. The lowest BCUT2D eigenvalue weighted by Gasteiger charge is -2.37. The molecule has 0 spiro atoms. The Hall–Kier alpha value is -3.57. The van der Waals surface area contributed by atoms with Crippen LogP contribution >= 0.6 is 23.2 Å². The van der Waals surface area contributed by atoms with Crippen LogP contribution < -0.4 is 15.1 Å². The Morgan fingerprint density at radius 3 is 2.56 bits per heavy atom. The lowest BCUT2D eigenvalue weighted by Crippen LogP contribution is -2.51. The van der Waals surface area contributed by atoms with E-state index in [2.05, 4.69) is 10.5 Å². The molecule has 2 saturated heterocycles. The number of amides is 3. The van der Waals surface area contributed by atoms with E-state index in [1.54, 1.807) is 35.2 Å². The quantitative estimate of drug-likeness (QED) is 0.564. The molecular formula is C26H26Cl2FN5O5. The van der Waals surface area contributed by atoms with Gasteiger partial charge in [0, 0.05) is 45.1 Å². The number of halogens is 3. The predicted molar refractivity (Wildman–Crippen MR) is 144 cm³/mol. The first-order valence-electron chi connectivity index (χ1n) is 12.4. The van der Waals surface area contributed by atoms with Gasteiger partial charge in [-0.2, -0.15) is 0 Å². The third-order valence-corrected chi connectivity index (χ3v) is 7.56. The molecule has 3 amide bonds. The van der Waals surface area contributed by atoms with Crippen molar-refractivity contribution in [2.75, 3.05) is 49.1 Å². The summed E-state index contributed by atoms with van der Waals surface area (Å²) in [5, 5.41) is 7.51. The lowest BCUT2D eigenvalue weighted by molar-refractivity contribution is -0.142. The minimum Gasteiger partial charge on any atom is -0.442 e. The maximum atomic E-state index is 15.1. The summed E-state index contributed by atoms with van der Waals surface area (Å²) in [5.74, 6) is -0.881. The Bertz CT molecular complexity index is 1330. The van der Waals surface area contributed by atoms with Crippen LogP contribution in [0.2, 0.25) is 10.0 Å². The number of oxime groups is 1. The van der Waals surface area contributed by atoms with E-state index in [9.17, 15) is 14.4 Å². The van der Waals surface area contributed by atoms with Crippen LogP contribution in [-0.4, -0.2) is 80.0 Å². The highest BCUT2D eigenvalue weighted by atomic mass is 35.5. The first kappa shape index (κ1) is 27.0. The molecular weight excluding hydrogens is 552 g/mol. The fourth-order valence-corrected chi connectivity index (χ4v) is 5.04. The molecule has 39 heavy (non-hydrogen) atoms. The largest absolute Gasteiger partial charge is 0.442 e. The van der Waals surface area contributed by atoms with Crippen molar-refractivity contribution < 1.29 is 28.3 Å². The van der Waals surface area contributed by atoms with Gasteiger partial charge in [-0.05, 0) is 30.3 Å². The van der Waals surface area contributed by atoms with Crippen LogP contribution in [0, 0.1) is 5.82 Å². The molecule has 13 heteroatoms. The highest BCUT2D eigenvalue weighted by Gasteiger charge is 2.35. The van der Waals surface area contributed by atoms with Crippen molar-refractivity contribution in [3.8, 4) is 0 Å². The van der Waals surface area contributed by atoms with Crippen molar-refractivity contribution in [1.29, 1.82) is 0 Å². The van der Waals surface area contributed by atoms with Crippen LogP contribution in [0.3, 0.4) is 0 Å². The smallest absolute Gasteiger partial charge is 0.414 e. The van der Waals surface area contributed by atoms with Crippen molar-refractivity contribution in [1.82, 2.24) is 10.2 Å². The second-order valence-electron chi connectivity index (χ2n) is 9.47. The average molecular weight is 578 g/mol. The maximum absolute atomic E-state index is 15.1. The minimum absolute atomic E-state index is 0.175. The van der Waals surface area contributed by atoms with E-state index in [-0.39, 0.29) is 24.9 Å². The molecule has 3 aliphatic heterocycles. The molecule has 0 saturated carbocycles. The van der Waals surface area contributed by atoms with Gasteiger partial charge in [0.25, 0.3) is 5.91 Å². The summed E-state index contributed by atoms with van der Waals surface area (Å²) in [6.07, 6.45) is -1.52. The number of hydrogen-bond donors (Lipinski definition) is 1. The van der Waals surface area contributed by atoms with E-state index in [1.165, 1.54) is 17.9 Å². The number of benzene rings is 2. The number of anilines is 2. The van der Waals surface area contributed by atoms with Gasteiger partial charge in [0.05, 0.1) is 40.2 Å². The number of piperazine rings is 1. The maximum Gasteiger partial charge on any atom is 0.414 e. The van der Waals surface area contributed by atoms with Gasteiger partial charge in [0.2, 0.25) is 12.0 Å². The molecule has 0 aromatic heterocycles. The number of hydrogen-bond acceptors (Lipinski definition) is 7. The first-order chi connectivity index (χ1) is 18.7. The Morgan fingerprint density at radius 1 is 1.10 bits per heavy atom. The van der Waals surface area contributed by atoms with E-state index < -0.39 is 24.1 Å². The van der Waals surface area contributed by atoms with Crippen molar-refractivity contribution in [3.63, 3.8) is 0 Å². The number of cyclic esters (lactones) is 1. The molecule has 1 unspecified atom stereocenters. The van der Waals surface area contributed by atoms with Crippen molar-refractivity contribution in [2.45, 2.75) is 25.6 Å². The number of carbonyl (C=O) groups is 3. The normalized spacial score (nSPS) is 21.0. The summed E-state index contributed by atoms with van der Waals surface area (Å²) in [7, 11) is 0. The zero-order chi connectivity index (χ0) is 27.7. The van der Waals surface area contributed by atoms with Crippen LogP contribution in [0.25, 0.3) is 0 Å². The molecule has 10 nitrogen and oxygen atoms in total. The number of carbonyl (C=O) groups excluding carboxylic acids is 3. The molecule has 2 aromatic carbocycles. The number of nitrogens with zero attached hydrogens (tertiary/aromatic N) is 4. The van der Waals surface area contributed by atoms with Gasteiger partial charge in [0.1, 0.15) is 11.9 Å². The Balaban J connectivity index is 1.15. The molecule has 2 atom stereocenters. The van der Waals surface area contributed by atoms with Crippen molar-refractivity contribution in [2.24, 2.45) is 5.16 Å². The summed E-state index contributed by atoms with van der Waals surface area (Å²) >= 11 is 12.1. The van der Waals surface area contributed by atoms with E-state index in [4.69, 9.17) is 32.8 Å². The third-order valence-electron chi connectivity index (χ3n) is 6.82. The molecule has 5 rings (SSSR count). The summed E-state index contributed by atoms with van der Waals surface area (Å²) in [4.78, 5) is 46.7. The van der Waals surface area contributed by atoms with Crippen LogP contribution in [0.5, 0.6) is 0 Å². The summed E-state index contributed by atoms with van der Waals surface area (Å²) in [5.41, 5.74) is 2.12. The van der Waals surface area contributed by atoms with Crippen LogP contribution in [0.1, 0.15) is 18.9 Å². The Labute approximate surface area is 234 Å². The van der Waals surface area contributed by atoms with E-state index >= 15 is 4.39 Å². The molecule has 3 heterocycles. The molecule has 3 aliphatic rings. The van der Waals surface area contributed by atoms with Crippen molar-refractivity contribution in [3.05, 3.63) is 57.8 Å². The number of ether oxygens (including phenoxy) is 1. The molecule has 2 fully saturated rings. The molecule has 1 N–H and O–H groups in total. The number of nitrogens with one attached hydrogen (secondary N) is 1. The van der Waals surface area contributed by atoms with Crippen LogP contribution in [-0.2, 0) is 19.2 Å². The summed E-state index contributed by atoms with van der Waals surface area (Å²) < 4.78 is 20.4. The topological polar surface area (TPSA) is 104 Å². The second kappa shape index (κ2) is 11.3. The van der Waals surface area contributed by atoms with Gasteiger partial charge in [0.15, 0.2) is 0 Å². The van der Waals surface area contributed by atoms with Gasteiger partial charge in [-0.15, -0.1) is 0 Å². The third kappa shape index (κ3) is 5.89. The minimum atomic E-state index is -0.730. The van der Waals surface area contributed by atoms with Crippen molar-refractivity contribution >= 4 is 58.2 Å². The fraction of sp³-hybridized carbons (Fsp3) is 0.385. The zero-order valence-corrected chi connectivity index (χ0v) is 22.5. The fourth-order valence-electron chi connectivity index (χ4n) is 4.74. The number of rotatable bonds is 6.